The second-order valence-corrected chi connectivity index (χ2v) is 5.10. The van der Waals surface area contributed by atoms with E-state index in [-0.39, 0.29) is 5.91 Å². The monoisotopic (exact) mass is 318 g/mol. The van der Waals surface area contributed by atoms with Crippen molar-refractivity contribution in [3.63, 3.8) is 0 Å². The minimum absolute atomic E-state index is 0.135. The van der Waals surface area contributed by atoms with E-state index in [4.69, 9.17) is 0 Å². The second-order valence-electron chi connectivity index (χ2n) is 4.29. The number of aryl methyl sites for hydroxylation is 2. The maximum atomic E-state index is 12.2. The minimum atomic E-state index is -0.135. The zero-order valence-corrected chi connectivity index (χ0v) is 12.5. The van der Waals surface area contributed by atoms with Crippen molar-refractivity contribution in [3.8, 4) is 0 Å². The molecule has 0 bridgehead atoms. The zero-order valence-electron chi connectivity index (χ0n) is 10.9. The number of benzene rings is 1. The highest BCUT2D eigenvalue weighted by molar-refractivity contribution is 9.10. The zero-order chi connectivity index (χ0) is 13.8. The number of aromatic nitrogens is 1. The van der Waals surface area contributed by atoms with Gasteiger partial charge in [0.2, 0.25) is 0 Å². The van der Waals surface area contributed by atoms with Gasteiger partial charge in [0.15, 0.2) is 0 Å². The summed E-state index contributed by atoms with van der Waals surface area (Å²) < 4.78 is 0.717. The van der Waals surface area contributed by atoms with Crippen LogP contribution < -0.4 is 5.32 Å². The summed E-state index contributed by atoms with van der Waals surface area (Å²) in [7, 11) is 0. The van der Waals surface area contributed by atoms with Crippen molar-refractivity contribution < 1.29 is 4.79 Å². The van der Waals surface area contributed by atoms with Gasteiger partial charge in [-0.15, -0.1) is 0 Å². The molecule has 0 spiro atoms. The summed E-state index contributed by atoms with van der Waals surface area (Å²) in [4.78, 5) is 16.2. The van der Waals surface area contributed by atoms with Gasteiger partial charge < -0.3 is 5.32 Å². The molecule has 19 heavy (non-hydrogen) atoms. The fraction of sp³-hybridized carbons (Fsp3) is 0.200. The number of hydrogen-bond donors (Lipinski definition) is 1. The van der Waals surface area contributed by atoms with Crippen LogP contribution in [-0.2, 0) is 6.42 Å². The molecule has 1 amide bonds. The van der Waals surface area contributed by atoms with Crippen LogP contribution in [0.3, 0.4) is 0 Å². The van der Waals surface area contributed by atoms with E-state index < -0.39 is 0 Å². The lowest BCUT2D eigenvalue weighted by molar-refractivity contribution is 0.102. The fourth-order valence-electron chi connectivity index (χ4n) is 1.90. The van der Waals surface area contributed by atoms with Gasteiger partial charge in [-0.3, -0.25) is 4.79 Å². The number of carbonyl (C=O) groups is 1. The van der Waals surface area contributed by atoms with Crippen LogP contribution in [0.4, 0.5) is 5.69 Å². The quantitative estimate of drug-likeness (QED) is 0.870. The van der Waals surface area contributed by atoms with Crippen LogP contribution in [0.1, 0.15) is 28.4 Å². The van der Waals surface area contributed by atoms with Gasteiger partial charge in [-0.25, -0.2) is 4.98 Å². The molecule has 0 unspecified atom stereocenters. The molecule has 2 aromatic rings. The van der Waals surface area contributed by atoms with Crippen LogP contribution in [0.25, 0.3) is 0 Å². The van der Waals surface area contributed by atoms with Crippen LogP contribution in [-0.4, -0.2) is 10.9 Å². The van der Waals surface area contributed by atoms with Crippen molar-refractivity contribution in [2.45, 2.75) is 20.3 Å². The second kappa shape index (κ2) is 5.97. The first kappa shape index (κ1) is 13.7. The summed E-state index contributed by atoms with van der Waals surface area (Å²) in [6, 6.07) is 9.53. The molecule has 98 valence electrons. The van der Waals surface area contributed by atoms with E-state index >= 15 is 0 Å². The molecule has 0 aliphatic heterocycles. The SMILES string of the molecule is CCc1cccc(C)c1NC(=O)c1ccc(Br)nc1. The Bertz CT molecular complexity index is 594. The number of halogens is 1. The van der Waals surface area contributed by atoms with Gasteiger partial charge in [0.1, 0.15) is 4.60 Å². The van der Waals surface area contributed by atoms with Gasteiger partial charge >= 0.3 is 0 Å². The van der Waals surface area contributed by atoms with E-state index in [0.29, 0.717) is 10.2 Å². The Morgan fingerprint density at radius 1 is 1.32 bits per heavy atom. The van der Waals surface area contributed by atoms with Gasteiger partial charge in [-0.1, -0.05) is 25.1 Å². The third-order valence-corrected chi connectivity index (χ3v) is 3.44. The third-order valence-electron chi connectivity index (χ3n) is 2.97. The maximum absolute atomic E-state index is 12.2. The summed E-state index contributed by atoms with van der Waals surface area (Å²) in [6.45, 7) is 4.07. The van der Waals surface area contributed by atoms with Crippen LogP contribution in [0.15, 0.2) is 41.1 Å². The highest BCUT2D eigenvalue weighted by Crippen LogP contribution is 2.21. The number of nitrogens with one attached hydrogen (secondary N) is 1. The van der Waals surface area contributed by atoms with Gasteiger partial charge in [0.25, 0.3) is 5.91 Å². The lowest BCUT2D eigenvalue weighted by Crippen LogP contribution is -2.14. The number of hydrogen-bond acceptors (Lipinski definition) is 2. The average molecular weight is 319 g/mol. The van der Waals surface area contributed by atoms with Crippen molar-refractivity contribution in [1.29, 1.82) is 0 Å². The predicted molar refractivity (Wildman–Crippen MR) is 80.4 cm³/mol. The first-order valence-electron chi connectivity index (χ1n) is 6.13. The molecule has 1 N–H and O–H groups in total. The van der Waals surface area contributed by atoms with Crippen molar-refractivity contribution in [1.82, 2.24) is 4.98 Å². The number of amides is 1. The minimum Gasteiger partial charge on any atom is -0.321 e. The van der Waals surface area contributed by atoms with Crippen LogP contribution >= 0.6 is 15.9 Å². The molecule has 1 aromatic heterocycles. The largest absolute Gasteiger partial charge is 0.321 e. The van der Waals surface area contributed by atoms with Crippen LogP contribution in [0.2, 0.25) is 0 Å². The third kappa shape index (κ3) is 3.20. The van der Waals surface area contributed by atoms with E-state index in [9.17, 15) is 4.79 Å². The summed E-state index contributed by atoms with van der Waals surface area (Å²) in [5, 5.41) is 2.97. The summed E-state index contributed by atoms with van der Waals surface area (Å²) in [5.74, 6) is -0.135. The molecule has 2 rings (SSSR count). The molecule has 3 nitrogen and oxygen atoms in total. The van der Waals surface area contributed by atoms with Crippen molar-refractivity contribution in [2.75, 3.05) is 5.32 Å². The maximum Gasteiger partial charge on any atom is 0.257 e. The van der Waals surface area contributed by atoms with E-state index in [1.54, 1.807) is 18.3 Å². The number of anilines is 1. The first-order valence-corrected chi connectivity index (χ1v) is 6.92. The van der Waals surface area contributed by atoms with Crippen LogP contribution in [0.5, 0.6) is 0 Å². The summed E-state index contributed by atoms with van der Waals surface area (Å²) in [5.41, 5.74) is 3.66. The van der Waals surface area contributed by atoms with E-state index in [2.05, 4.69) is 33.2 Å². The number of carbonyl (C=O) groups excluding carboxylic acids is 1. The molecule has 0 saturated heterocycles. The molecule has 0 fully saturated rings. The fourth-order valence-corrected chi connectivity index (χ4v) is 2.13. The molecule has 4 heteroatoms. The number of pyridine rings is 1. The van der Waals surface area contributed by atoms with Crippen LogP contribution in [0, 0.1) is 6.92 Å². The Morgan fingerprint density at radius 2 is 2.11 bits per heavy atom. The number of nitrogens with zero attached hydrogens (tertiary/aromatic N) is 1. The molecular formula is C15H15BrN2O. The highest BCUT2D eigenvalue weighted by atomic mass is 79.9. The average Bonchev–Trinajstić information content (AvgIpc) is 2.41. The Morgan fingerprint density at radius 3 is 2.74 bits per heavy atom. The molecular weight excluding hydrogens is 304 g/mol. The Hall–Kier alpha value is -1.68. The standard InChI is InChI=1S/C15H15BrN2O/c1-3-11-6-4-5-10(2)14(11)18-15(19)12-7-8-13(16)17-9-12/h4-9H,3H2,1-2H3,(H,18,19). The summed E-state index contributed by atoms with van der Waals surface area (Å²) in [6.07, 6.45) is 2.44. The lowest BCUT2D eigenvalue weighted by atomic mass is 10.1. The Kier molecular flexibility index (Phi) is 4.32. The first-order chi connectivity index (χ1) is 9.11. The van der Waals surface area contributed by atoms with Crippen molar-refractivity contribution >= 4 is 27.5 Å². The predicted octanol–water partition coefficient (Wildman–Crippen LogP) is 3.97. The smallest absolute Gasteiger partial charge is 0.257 e. The molecule has 0 atom stereocenters. The molecule has 0 radical (unpaired) electrons. The number of rotatable bonds is 3. The van der Waals surface area contributed by atoms with Gasteiger partial charge in [-0.05, 0) is 52.5 Å². The topological polar surface area (TPSA) is 42.0 Å². The molecule has 0 saturated carbocycles. The normalized spacial score (nSPS) is 10.3. The highest BCUT2D eigenvalue weighted by Gasteiger charge is 2.10. The van der Waals surface area contributed by atoms with E-state index in [0.717, 1.165) is 23.2 Å². The Balaban J connectivity index is 2.26. The number of para-hydroxylation sites is 1. The molecule has 1 aromatic carbocycles. The lowest BCUT2D eigenvalue weighted by Gasteiger charge is -2.12. The van der Waals surface area contributed by atoms with Crippen molar-refractivity contribution in [3.05, 3.63) is 57.8 Å². The van der Waals surface area contributed by atoms with Gasteiger partial charge in [-0.2, -0.15) is 0 Å². The Labute approximate surface area is 121 Å². The van der Waals surface area contributed by atoms with E-state index in [1.807, 2.05) is 25.1 Å². The molecule has 0 aliphatic carbocycles. The molecule has 1 heterocycles. The van der Waals surface area contributed by atoms with E-state index in [1.165, 1.54) is 0 Å². The molecule has 0 aliphatic rings. The summed E-state index contributed by atoms with van der Waals surface area (Å²) >= 11 is 3.25. The van der Waals surface area contributed by atoms with Gasteiger partial charge in [0.05, 0.1) is 5.56 Å². The van der Waals surface area contributed by atoms with Gasteiger partial charge in [0, 0.05) is 11.9 Å². The van der Waals surface area contributed by atoms with Crippen molar-refractivity contribution in [2.24, 2.45) is 0 Å².